The van der Waals surface area contributed by atoms with E-state index in [-0.39, 0.29) is 40.7 Å². The molecule has 0 saturated heterocycles. The minimum atomic E-state index is -0.382. The van der Waals surface area contributed by atoms with Crippen LogP contribution in [-0.4, -0.2) is 45.5 Å². The lowest BCUT2D eigenvalue weighted by Gasteiger charge is -2.13. The third kappa shape index (κ3) is 7.81. The van der Waals surface area contributed by atoms with E-state index in [9.17, 15) is 19.8 Å². The van der Waals surface area contributed by atoms with Crippen LogP contribution in [0.4, 0.5) is 0 Å². The molecule has 0 aliphatic carbocycles. The van der Waals surface area contributed by atoms with Crippen molar-refractivity contribution in [3.05, 3.63) is 53.2 Å². The number of rotatable bonds is 14. The van der Waals surface area contributed by atoms with Crippen LogP contribution in [0.1, 0.15) is 80.4 Å². The predicted molar refractivity (Wildman–Crippen MR) is 148 cm³/mol. The number of nitrogens with one attached hydrogen (secondary N) is 3. The van der Waals surface area contributed by atoms with Gasteiger partial charge in [-0.1, -0.05) is 56.1 Å². The highest BCUT2D eigenvalue weighted by atomic mass is 16.5. The van der Waals surface area contributed by atoms with Gasteiger partial charge in [-0.25, -0.2) is 5.48 Å². The molecule has 10 heteroatoms. The van der Waals surface area contributed by atoms with Gasteiger partial charge in [0.15, 0.2) is 11.5 Å². The molecule has 2 aromatic carbocycles. The number of nitrogens with zero attached hydrogens (tertiary/aromatic N) is 1. The maximum Gasteiger partial charge on any atom is 0.274 e. The second-order valence-electron chi connectivity index (χ2n) is 9.75. The summed E-state index contributed by atoms with van der Waals surface area (Å²) in [7, 11) is 0. The van der Waals surface area contributed by atoms with Crippen molar-refractivity contribution in [2.75, 3.05) is 13.1 Å². The van der Waals surface area contributed by atoms with Gasteiger partial charge in [0.05, 0.1) is 11.1 Å². The smallest absolute Gasteiger partial charge is 0.274 e. The third-order valence-corrected chi connectivity index (χ3v) is 6.46. The number of carbonyl (C=O) groups is 2. The van der Waals surface area contributed by atoms with Crippen molar-refractivity contribution in [1.29, 1.82) is 0 Å². The van der Waals surface area contributed by atoms with Gasteiger partial charge in [0.1, 0.15) is 11.5 Å². The van der Waals surface area contributed by atoms with Crippen LogP contribution < -0.4 is 16.1 Å². The zero-order valence-electron chi connectivity index (χ0n) is 22.7. The number of carbonyl (C=O) groups excluding carboxylic acids is 2. The summed E-state index contributed by atoms with van der Waals surface area (Å²) >= 11 is 0. The van der Waals surface area contributed by atoms with Gasteiger partial charge in [0.2, 0.25) is 5.91 Å². The van der Waals surface area contributed by atoms with Crippen molar-refractivity contribution in [2.24, 2.45) is 0 Å². The Hall–Kier alpha value is -3.89. The largest absolute Gasteiger partial charge is 0.508 e. The van der Waals surface area contributed by atoms with E-state index < -0.39 is 0 Å². The Balaban J connectivity index is 1.75. The second kappa shape index (κ2) is 14.3. The number of unbranched alkanes of at least 4 members (excludes halogenated alkanes) is 3. The van der Waals surface area contributed by atoms with Crippen LogP contribution in [0.3, 0.4) is 0 Å². The molecule has 2 amide bonds. The highest BCUT2D eigenvalue weighted by molar-refractivity contribution is 6.02. The first-order valence-electron chi connectivity index (χ1n) is 13.3. The van der Waals surface area contributed by atoms with Gasteiger partial charge in [0.25, 0.3) is 5.91 Å². The average Bonchev–Trinajstić information content (AvgIpc) is 3.35. The topological polar surface area (TPSA) is 157 Å². The summed E-state index contributed by atoms with van der Waals surface area (Å²) in [5.41, 5.74) is 4.98. The second-order valence-corrected chi connectivity index (χ2v) is 9.75. The van der Waals surface area contributed by atoms with E-state index in [2.05, 4.69) is 15.8 Å². The van der Waals surface area contributed by atoms with Gasteiger partial charge in [0, 0.05) is 25.6 Å². The molecule has 0 unspecified atom stereocenters. The van der Waals surface area contributed by atoms with Crippen molar-refractivity contribution < 1.29 is 29.5 Å². The number of amides is 2. The monoisotopic (exact) mass is 538 g/mol. The number of hydrogen-bond donors (Lipinski definition) is 6. The highest BCUT2D eigenvalue weighted by Crippen LogP contribution is 2.43. The van der Waals surface area contributed by atoms with Gasteiger partial charge in [-0.2, -0.15) is 0 Å². The van der Waals surface area contributed by atoms with Crippen LogP contribution in [0, 0.1) is 0 Å². The first-order valence-corrected chi connectivity index (χ1v) is 13.3. The van der Waals surface area contributed by atoms with E-state index in [1.165, 1.54) is 6.07 Å². The highest BCUT2D eigenvalue weighted by Gasteiger charge is 2.27. The third-order valence-electron chi connectivity index (χ3n) is 6.46. The summed E-state index contributed by atoms with van der Waals surface area (Å²) in [6.45, 7) is 7.61. The fourth-order valence-electron chi connectivity index (χ4n) is 4.35. The van der Waals surface area contributed by atoms with Crippen LogP contribution >= 0.6 is 0 Å². The quantitative estimate of drug-likeness (QED) is 0.0967. The van der Waals surface area contributed by atoms with Crippen molar-refractivity contribution in [3.8, 4) is 33.9 Å². The molecule has 0 radical (unpaired) electrons. The van der Waals surface area contributed by atoms with Crippen LogP contribution in [0.2, 0.25) is 0 Å². The number of aromatic hydroxyl groups is 2. The first-order chi connectivity index (χ1) is 18.8. The van der Waals surface area contributed by atoms with Crippen LogP contribution in [-0.2, 0) is 11.3 Å². The lowest BCUT2D eigenvalue weighted by atomic mass is 9.94. The van der Waals surface area contributed by atoms with Gasteiger partial charge in [-0.15, -0.1) is 0 Å². The maximum atomic E-state index is 12.8. The average molecular weight is 539 g/mol. The fourth-order valence-corrected chi connectivity index (χ4v) is 4.35. The summed E-state index contributed by atoms with van der Waals surface area (Å²) in [6, 6.07) is 10.7. The molecule has 39 heavy (non-hydrogen) atoms. The zero-order valence-corrected chi connectivity index (χ0v) is 22.7. The molecule has 3 aromatic rings. The van der Waals surface area contributed by atoms with E-state index >= 15 is 0 Å². The lowest BCUT2D eigenvalue weighted by Crippen LogP contribution is -2.23. The van der Waals surface area contributed by atoms with Gasteiger partial charge < -0.3 is 25.4 Å². The van der Waals surface area contributed by atoms with Crippen LogP contribution in [0.5, 0.6) is 11.5 Å². The molecular formula is C29H38N4O6. The molecule has 0 aliphatic rings. The fraction of sp³-hybridized carbons (Fsp3) is 0.414. The number of hydrogen-bond acceptors (Lipinski definition) is 8. The Bertz CT molecular complexity index is 1250. The number of hydroxylamine groups is 1. The first kappa shape index (κ1) is 29.7. The zero-order chi connectivity index (χ0) is 28.4. The van der Waals surface area contributed by atoms with E-state index in [4.69, 9.17) is 9.73 Å². The molecule has 0 atom stereocenters. The summed E-state index contributed by atoms with van der Waals surface area (Å²) in [5, 5.41) is 39.7. The molecule has 3 rings (SSSR count). The summed E-state index contributed by atoms with van der Waals surface area (Å²) in [6.07, 6.45) is 3.97. The molecule has 0 bridgehead atoms. The molecule has 0 saturated carbocycles. The van der Waals surface area contributed by atoms with Gasteiger partial charge in [-0.3, -0.25) is 14.8 Å². The van der Waals surface area contributed by atoms with Crippen molar-refractivity contribution >= 4 is 11.8 Å². The molecular weight excluding hydrogens is 500 g/mol. The van der Waals surface area contributed by atoms with Crippen molar-refractivity contribution in [3.63, 3.8) is 0 Å². The van der Waals surface area contributed by atoms with Crippen LogP contribution in [0.25, 0.3) is 22.5 Å². The van der Waals surface area contributed by atoms with Gasteiger partial charge in [-0.05, 0) is 55.0 Å². The van der Waals surface area contributed by atoms with E-state index in [0.717, 1.165) is 37.8 Å². The molecule has 1 aromatic heterocycles. The Labute approximate surface area is 228 Å². The molecule has 210 valence electrons. The minimum Gasteiger partial charge on any atom is -0.508 e. The number of phenols is 2. The minimum absolute atomic E-state index is 0.00173. The van der Waals surface area contributed by atoms with E-state index in [1.54, 1.807) is 11.5 Å². The SMILES string of the molecule is CCNC(=O)c1noc(-c2cc(C(C)C)c(O)cc2O)c1-c1ccc(CNCCCCCCC(=O)NO)cc1. The van der Waals surface area contributed by atoms with Crippen LogP contribution in [0.15, 0.2) is 40.9 Å². The van der Waals surface area contributed by atoms with Crippen molar-refractivity contribution in [2.45, 2.75) is 65.3 Å². The molecule has 6 N–H and O–H groups in total. The summed E-state index contributed by atoms with van der Waals surface area (Å²) < 4.78 is 5.63. The van der Waals surface area contributed by atoms with Crippen molar-refractivity contribution in [1.82, 2.24) is 21.3 Å². The maximum absolute atomic E-state index is 12.8. The number of aromatic nitrogens is 1. The summed E-state index contributed by atoms with van der Waals surface area (Å²) in [5.74, 6) is -0.673. The predicted octanol–water partition coefficient (Wildman–Crippen LogP) is 4.84. The normalized spacial score (nSPS) is 11.1. The van der Waals surface area contributed by atoms with E-state index in [1.807, 2.05) is 45.0 Å². The molecule has 10 nitrogen and oxygen atoms in total. The molecule has 0 fully saturated rings. The molecule has 0 spiro atoms. The summed E-state index contributed by atoms with van der Waals surface area (Å²) in [4.78, 5) is 23.8. The molecule has 0 aliphatic heterocycles. The molecule has 1 heterocycles. The van der Waals surface area contributed by atoms with E-state index in [0.29, 0.717) is 41.8 Å². The van der Waals surface area contributed by atoms with Gasteiger partial charge >= 0.3 is 0 Å². The Morgan fingerprint density at radius 3 is 2.38 bits per heavy atom. The Kier molecular flexibility index (Phi) is 10.9. The Morgan fingerprint density at radius 2 is 1.72 bits per heavy atom. The standard InChI is InChI=1S/C29H38N4O6/c1-4-31-29(37)27-26(28(39-33-27)22-15-21(18(2)3)23(34)16-24(22)35)20-12-10-19(11-13-20)17-30-14-8-6-5-7-9-25(36)32-38/h10-13,15-16,18,30,34-35,38H,4-9,14,17H2,1-3H3,(H,31,37)(H,32,36). The number of benzene rings is 2. The lowest BCUT2D eigenvalue weighted by molar-refractivity contribution is -0.129. The Morgan fingerprint density at radius 1 is 1.00 bits per heavy atom. The number of phenolic OH excluding ortho intramolecular Hbond substituents is 2.